The molecular weight excluding hydrogens is 552 g/mol. The third kappa shape index (κ3) is 4.99. The lowest BCUT2D eigenvalue weighted by atomic mass is 9.85. The number of amides is 1. The summed E-state index contributed by atoms with van der Waals surface area (Å²) in [7, 11) is 1.96. The number of aromatic nitrogens is 6. The van der Waals surface area contributed by atoms with Gasteiger partial charge in [0.05, 0.1) is 28.0 Å². The van der Waals surface area contributed by atoms with Crippen molar-refractivity contribution >= 4 is 39.7 Å². The topological polar surface area (TPSA) is 99.6 Å². The first-order valence-electron chi connectivity index (χ1n) is 13.4. The van der Waals surface area contributed by atoms with E-state index in [1.54, 1.807) is 21.5 Å². The molecule has 1 saturated carbocycles. The number of aryl methyl sites for hydroxylation is 2. The van der Waals surface area contributed by atoms with Gasteiger partial charge in [0.2, 0.25) is 0 Å². The largest absolute Gasteiger partial charge is 0.349 e. The highest BCUT2D eigenvalue weighted by Gasteiger charge is 2.27. The Morgan fingerprint density at radius 2 is 1.88 bits per heavy atom. The number of carbonyl (C=O) groups is 1. The minimum Gasteiger partial charge on any atom is -0.349 e. The van der Waals surface area contributed by atoms with E-state index in [9.17, 15) is 18.4 Å². The molecule has 1 N–H and O–H groups in total. The number of alkyl halides is 2. The molecule has 1 aliphatic rings. The minimum atomic E-state index is -2.88. The molecule has 5 aromatic heterocycles. The van der Waals surface area contributed by atoms with E-state index in [-0.39, 0.29) is 28.2 Å². The van der Waals surface area contributed by atoms with Crippen LogP contribution in [0.25, 0.3) is 27.9 Å². The van der Waals surface area contributed by atoms with Crippen LogP contribution in [0, 0.1) is 12.8 Å². The van der Waals surface area contributed by atoms with Crippen molar-refractivity contribution in [2.45, 2.75) is 51.6 Å². The van der Waals surface area contributed by atoms with Crippen molar-refractivity contribution in [1.82, 2.24) is 34.0 Å². The van der Waals surface area contributed by atoms with Crippen LogP contribution < -0.4 is 11.0 Å². The Balaban J connectivity index is 1.20. The summed E-state index contributed by atoms with van der Waals surface area (Å²) in [6, 6.07) is 8.75. The molecular formula is C29H28ClF2N7O2. The molecule has 0 unspecified atom stereocenters. The molecule has 0 radical (unpaired) electrons. The summed E-state index contributed by atoms with van der Waals surface area (Å²) in [6.45, 7) is 2.51. The number of nitrogens with one attached hydrogen (secondary N) is 1. The number of imidazole rings is 1. The number of hydrogen-bond donors (Lipinski definition) is 1. The van der Waals surface area contributed by atoms with Crippen LogP contribution in [0.15, 0.2) is 53.7 Å². The van der Waals surface area contributed by atoms with E-state index in [1.165, 1.54) is 6.07 Å². The number of halogens is 3. The quantitative estimate of drug-likeness (QED) is 0.292. The minimum absolute atomic E-state index is 0.122. The van der Waals surface area contributed by atoms with Crippen LogP contribution in [-0.4, -0.2) is 40.6 Å². The number of fused-ring (bicyclic) bond motifs is 2. The van der Waals surface area contributed by atoms with Crippen LogP contribution in [0.4, 0.5) is 8.78 Å². The number of rotatable bonds is 6. The molecule has 0 atom stereocenters. The molecule has 5 aromatic rings. The predicted molar refractivity (Wildman–Crippen MR) is 152 cm³/mol. The average molecular weight is 580 g/mol. The van der Waals surface area contributed by atoms with E-state index in [0.29, 0.717) is 30.7 Å². The van der Waals surface area contributed by atoms with Gasteiger partial charge in [-0.3, -0.25) is 14.3 Å². The number of pyridine rings is 3. The van der Waals surface area contributed by atoms with Gasteiger partial charge in [-0.15, -0.1) is 0 Å². The lowest BCUT2D eigenvalue weighted by Gasteiger charge is -2.29. The van der Waals surface area contributed by atoms with Gasteiger partial charge in [0, 0.05) is 43.1 Å². The molecule has 1 fully saturated rings. The van der Waals surface area contributed by atoms with Crippen molar-refractivity contribution in [1.29, 1.82) is 0 Å². The number of nitrogens with zero attached hydrogens (tertiary/aromatic N) is 6. The molecule has 41 heavy (non-hydrogen) atoms. The molecule has 0 saturated heterocycles. The first-order valence-corrected chi connectivity index (χ1v) is 13.8. The van der Waals surface area contributed by atoms with Gasteiger partial charge in [-0.05, 0) is 68.9 Å². The fourth-order valence-corrected chi connectivity index (χ4v) is 5.93. The lowest BCUT2D eigenvalue weighted by molar-refractivity contribution is 0.0904. The molecule has 0 bridgehead atoms. The molecule has 9 nitrogen and oxygen atoms in total. The molecule has 0 aromatic carbocycles. The normalized spacial score (nSPS) is 17.5. The summed E-state index contributed by atoms with van der Waals surface area (Å²) in [5.41, 5.74) is 2.90. The van der Waals surface area contributed by atoms with E-state index >= 15 is 0 Å². The highest BCUT2D eigenvalue weighted by Crippen LogP contribution is 2.29. The van der Waals surface area contributed by atoms with Crippen LogP contribution in [0.1, 0.15) is 53.9 Å². The Morgan fingerprint density at radius 3 is 2.63 bits per heavy atom. The van der Waals surface area contributed by atoms with Crippen LogP contribution in [0.3, 0.4) is 0 Å². The van der Waals surface area contributed by atoms with Crippen molar-refractivity contribution in [2.75, 3.05) is 0 Å². The number of carbonyl (C=O) groups excluding carboxylic acids is 1. The maximum absolute atomic E-state index is 13.8. The Morgan fingerprint density at radius 1 is 1.10 bits per heavy atom. The van der Waals surface area contributed by atoms with Crippen molar-refractivity contribution < 1.29 is 13.6 Å². The van der Waals surface area contributed by atoms with Crippen LogP contribution >= 0.6 is 11.6 Å². The zero-order chi connectivity index (χ0) is 28.8. The first kappa shape index (κ1) is 27.1. The molecule has 0 spiro atoms. The van der Waals surface area contributed by atoms with E-state index in [0.717, 1.165) is 41.3 Å². The van der Waals surface area contributed by atoms with Crippen molar-refractivity contribution in [3.63, 3.8) is 0 Å². The van der Waals surface area contributed by atoms with Gasteiger partial charge in [-0.2, -0.15) is 0 Å². The molecule has 5 heterocycles. The Labute approximate surface area is 238 Å². The van der Waals surface area contributed by atoms with Gasteiger partial charge in [0.1, 0.15) is 11.3 Å². The van der Waals surface area contributed by atoms with Gasteiger partial charge in [-0.25, -0.2) is 28.1 Å². The summed E-state index contributed by atoms with van der Waals surface area (Å²) in [6.07, 6.45) is 4.44. The van der Waals surface area contributed by atoms with Gasteiger partial charge in [0.15, 0.2) is 5.65 Å². The second-order valence-corrected chi connectivity index (χ2v) is 11.0. The fourth-order valence-electron chi connectivity index (χ4n) is 5.77. The standard InChI is InChI=1S/C29H28ClF2N7O2/c1-16-10-18-11-21(14-35-26(18)37(16)2)39-27-23(4-3-9-33-27)38(29(39)41)15-17-5-7-20(8-6-17)36-28(40)22-12-19(30)13-34-24(22)25(31)32/h3-4,9-14,17,20,25H,5-8,15H2,1-2H3,(H,36,40). The van der Waals surface area contributed by atoms with Crippen molar-refractivity contribution in [3.8, 4) is 5.69 Å². The summed E-state index contributed by atoms with van der Waals surface area (Å²) in [4.78, 5) is 39.3. The molecule has 1 aliphatic carbocycles. The fraction of sp³-hybridized carbons (Fsp3) is 0.345. The van der Waals surface area contributed by atoms with E-state index in [2.05, 4.69) is 20.3 Å². The van der Waals surface area contributed by atoms with Crippen LogP contribution in [-0.2, 0) is 13.6 Å². The van der Waals surface area contributed by atoms with Crippen LogP contribution in [0.2, 0.25) is 5.02 Å². The zero-order valence-corrected chi connectivity index (χ0v) is 23.3. The van der Waals surface area contributed by atoms with E-state index in [1.807, 2.05) is 42.8 Å². The van der Waals surface area contributed by atoms with Gasteiger partial charge < -0.3 is 9.88 Å². The Kier molecular flexibility index (Phi) is 7.06. The third-order valence-corrected chi connectivity index (χ3v) is 8.21. The van der Waals surface area contributed by atoms with Gasteiger partial charge >= 0.3 is 5.69 Å². The highest BCUT2D eigenvalue weighted by atomic mass is 35.5. The number of hydrogen-bond acceptors (Lipinski definition) is 5. The zero-order valence-electron chi connectivity index (χ0n) is 22.5. The highest BCUT2D eigenvalue weighted by molar-refractivity contribution is 6.30. The molecule has 0 aliphatic heterocycles. The second kappa shape index (κ2) is 10.7. The second-order valence-electron chi connectivity index (χ2n) is 10.6. The summed E-state index contributed by atoms with van der Waals surface area (Å²) >= 11 is 5.91. The smallest absolute Gasteiger partial charge is 0.335 e. The SMILES string of the molecule is Cc1cc2cc(-n3c(=O)n(CC4CCC(NC(=O)c5cc(Cl)cnc5C(F)F)CC4)c4cccnc43)cnc2n1C. The maximum atomic E-state index is 13.8. The van der Waals surface area contributed by atoms with Crippen LogP contribution in [0.5, 0.6) is 0 Å². The first-order chi connectivity index (χ1) is 19.7. The Hall–Kier alpha value is -4.12. The summed E-state index contributed by atoms with van der Waals surface area (Å²) in [5, 5.41) is 3.93. The third-order valence-electron chi connectivity index (χ3n) is 8.00. The lowest BCUT2D eigenvalue weighted by Crippen LogP contribution is -2.39. The van der Waals surface area contributed by atoms with Crippen molar-refractivity contribution in [2.24, 2.45) is 13.0 Å². The van der Waals surface area contributed by atoms with E-state index < -0.39 is 18.0 Å². The molecule has 6 rings (SSSR count). The van der Waals surface area contributed by atoms with Crippen molar-refractivity contribution in [3.05, 3.63) is 81.4 Å². The molecule has 1 amide bonds. The predicted octanol–water partition coefficient (Wildman–Crippen LogP) is 5.36. The monoisotopic (exact) mass is 579 g/mol. The van der Waals surface area contributed by atoms with Gasteiger partial charge in [0.25, 0.3) is 12.3 Å². The Bertz CT molecular complexity index is 1840. The average Bonchev–Trinajstić information content (AvgIpc) is 3.40. The van der Waals surface area contributed by atoms with Gasteiger partial charge in [-0.1, -0.05) is 11.6 Å². The summed E-state index contributed by atoms with van der Waals surface area (Å²) < 4.78 is 32.1. The molecule has 12 heteroatoms. The maximum Gasteiger partial charge on any atom is 0.335 e. The van der Waals surface area contributed by atoms with E-state index in [4.69, 9.17) is 11.6 Å². The molecule has 212 valence electrons. The summed E-state index contributed by atoms with van der Waals surface area (Å²) in [5.74, 6) is -0.412.